The van der Waals surface area contributed by atoms with E-state index in [0.29, 0.717) is 24.7 Å². The molecule has 3 aromatic rings. The van der Waals surface area contributed by atoms with Gasteiger partial charge in [-0.25, -0.2) is 32.4 Å². The highest BCUT2D eigenvalue weighted by molar-refractivity contribution is 7.89. The second-order valence-corrected chi connectivity index (χ2v) is 8.39. The van der Waals surface area contributed by atoms with Crippen molar-refractivity contribution in [1.82, 2.24) is 29.0 Å². The Morgan fingerprint density at radius 2 is 1.75 bits per heavy atom. The van der Waals surface area contributed by atoms with Crippen molar-refractivity contribution in [3.63, 3.8) is 0 Å². The minimum atomic E-state index is -3.75. The van der Waals surface area contributed by atoms with Gasteiger partial charge in [0.2, 0.25) is 10.0 Å². The molecule has 146 valence electrons. The zero-order valence-electron chi connectivity index (χ0n) is 14.5. The number of nitrogens with zero attached hydrogens (tertiary/aromatic N) is 7. The number of aromatic nitrogens is 5. The van der Waals surface area contributed by atoms with E-state index in [4.69, 9.17) is 11.6 Å². The first-order valence-corrected chi connectivity index (χ1v) is 10.1. The molecule has 1 aromatic carbocycles. The maximum Gasteiger partial charge on any atom is 0.243 e. The first-order valence-electron chi connectivity index (χ1n) is 8.32. The molecule has 0 saturated carbocycles. The van der Waals surface area contributed by atoms with Crippen molar-refractivity contribution in [2.45, 2.75) is 4.90 Å². The molecule has 0 N–H and O–H groups in total. The van der Waals surface area contributed by atoms with Gasteiger partial charge < -0.3 is 4.90 Å². The molecule has 1 saturated heterocycles. The van der Waals surface area contributed by atoms with Crippen LogP contribution in [0.25, 0.3) is 5.82 Å². The number of sulfonamides is 1. The highest BCUT2D eigenvalue weighted by atomic mass is 35.5. The van der Waals surface area contributed by atoms with E-state index < -0.39 is 15.8 Å². The Morgan fingerprint density at radius 1 is 1.00 bits per heavy atom. The number of benzene rings is 1. The summed E-state index contributed by atoms with van der Waals surface area (Å²) in [6, 6.07) is 5.17. The lowest BCUT2D eigenvalue weighted by Crippen LogP contribution is -2.49. The van der Waals surface area contributed by atoms with Crippen LogP contribution in [0, 0.1) is 5.82 Å². The predicted octanol–water partition coefficient (Wildman–Crippen LogP) is 1.36. The molecule has 0 atom stereocenters. The summed E-state index contributed by atoms with van der Waals surface area (Å²) in [6.07, 6.45) is 4.37. The summed E-state index contributed by atoms with van der Waals surface area (Å²) in [4.78, 5) is 14.3. The summed E-state index contributed by atoms with van der Waals surface area (Å²) < 4.78 is 41.8. The average molecular weight is 424 g/mol. The number of hydrogen-bond acceptors (Lipinski definition) is 7. The monoisotopic (exact) mass is 423 g/mol. The summed E-state index contributed by atoms with van der Waals surface area (Å²) in [5.74, 6) is 0.582. The number of halogens is 2. The third-order valence-electron chi connectivity index (χ3n) is 4.38. The first-order chi connectivity index (χ1) is 13.4. The van der Waals surface area contributed by atoms with Gasteiger partial charge in [-0.15, -0.1) is 0 Å². The van der Waals surface area contributed by atoms with E-state index in [-0.39, 0.29) is 23.0 Å². The zero-order valence-corrected chi connectivity index (χ0v) is 16.1. The maximum atomic E-state index is 13.3. The van der Waals surface area contributed by atoms with Crippen LogP contribution in [0.15, 0.2) is 48.1 Å². The van der Waals surface area contributed by atoms with Crippen LogP contribution in [-0.2, 0) is 10.0 Å². The minimum Gasteiger partial charge on any atom is -0.354 e. The second kappa shape index (κ2) is 7.41. The van der Waals surface area contributed by atoms with Crippen LogP contribution in [0.4, 0.5) is 10.2 Å². The van der Waals surface area contributed by atoms with Gasteiger partial charge in [0.15, 0.2) is 5.82 Å². The number of hydrogen-bond donors (Lipinski definition) is 0. The maximum absolute atomic E-state index is 13.3. The molecule has 0 unspecified atom stereocenters. The van der Waals surface area contributed by atoms with Gasteiger partial charge >= 0.3 is 0 Å². The van der Waals surface area contributed by atoms with Gasteiger partial charge in [0, 0.05) is 32.2 Å². The Bertz CT molecular complexity index is 1090. The summed E-state index contributed by atoms with van der Waals surface area (Å²) in [6.45, 7) is 1.42. The Morgan fingerprint density at radius 3 is 2.43 bits per heavy atom. The van der Waals surface area contributed by atoms with Crippen LogP contribution >= 0.6 is 11.6 Å². The predicted molar refractivity (Wildman–Crippen MR) is 99.3 cm³/mol. The summed E-state index contributed by atoms with van der Waals surface area (Å²) >= 11 is 5.73. The van der Waals surface area contributed by atoms with Gasteiger partial charge in [0.1, 0.15) is 30.6 Å². The Hall–Kier alpha value is -2.63. The summed E-state index contributed by atoms with van der Waals surface area (Å²) in [5, 5.41) is 3.81. The Kier molecular flexibility index (Phi) is 4.96. The van der Waals surface area contributed by atoms with Crippen LogP contribution in [0.3, 0.4) is 0 Å². The van der Waals surface area contributed by atoms with E-state index in [1.165, 1.54) is 34.0 Å². The molecule has 0 spiro atoms. The molecule has 9 nitrogen and oxygen atoms in total. The molecule has 0 amide bonds. The SMILES string of the molecule is O=S(=O)(c1ccc(F)c(Cl)c1)N1CCN(c2cc(-n3cncn3)ncn2)CC1. The van der Waals surface area contributed by atoms with Crippen molar-refractivity contribution >= 4 is 27.4 Å². The molecule has 12 heteroatoms. The summed E-state index contributed by atoms with van der Waals surface area (Å²) in [7, 11) is -3.75. The summed E-state index contributed by atoms with van der Waals surface area (Å²) in [5.41, 5.74) is 0. The fraction of sp³-hybridized carbons (Fsp3) is 0.250. The van der Waals surface area contributed by atoms with Gasteiger partial charge in [0.05, 0.1) is 9.92 Å². The van der Waals surface area contributed by atoms with Crippen molar-refractivity contribution < 1.29 is 12.8 Å². The molecule has 2 aromatic heterocycles. The first kappa shape index (κ1) is 18.7. The number of anilines is 1. The van der Waals surface area contributed by atoms with Crippen molar-refractivity contribution in [2.24, 2.45) is 0 Å². The molecule has 3 heterocycles. The molecule has 0 aliphatic carbocycles. The van der Waals surface area contributed by atoms with Crippen molar-refractivity contribution in [2.75, 3.05) is 31.1 Å². The van der Waals surface area contributed by atoms with Gasteiger partial charge in [-0.2, -0.15) is 9.40 Å². The van der Waals surface area contributed by atoms with Crippen LogP contribution in [-0.4, -0.2) is 63.6 Å². The third-order valence-corrected chi connectivity index (χ3v) is 6.57. The van der Waals surface area contributed by atoms with E-state index in [1.54, 1.807) is 6.07 Å². The van der Waals surface area contributed by atoms with E-state index in [2.05, 4.69) is 20.1 Å². The zero-order chi connectivity index (χ0) is 19.7. The quantitative estimate of drug-likeness (QED) is 0.625. The fourth-order valence-electron chi connectivity index (χ4n) is 2.91. The molecule has 0 radical (unpaired) electrons. The average Bonchev–Trinajstić information content (AvgIpc) is 3.25. The smallest absolute Gasteiger partial charge is 0.243 e. The highest BCUT2D eigenvalue weighted by Crippen LogP contribution is 2.24. The van der Waals surface area contributed by atoms with Crippen LogP contribution in [0.1, 0.15) is 0 Å². The van der Waals surface area contributed by atoms with E-state index in [0.717, 1.165) is 12.1 Å². The normalized spacial score (nSPS) is 15.7. The van der Waals surface area contributed by atoms with Crippen molar-refractivity contribution in [3.8, 4) is 5.82 Å². The molecule has 1 aliphatic rings. The molecule has 4 rings (SSSR count). The van der Waals surface area contributed by atoms with Crippen LogP contribution in [0.5, 0.6) is 0 Å². The number of piperazine rings is 1. The van der Waals surface area contributed by atoms with Crippen molar-refractivity contribution in [3.05, 3.63) is 54.1 Å². The van der Waals surface area contributed by atoms with Gasteiger partial charge in [-0.05, 0) is 18.2 Å². The van der Waals surface area contributed by atoms with Crippen LogP contribution in [0.2, 0.25) is 5.02 Å². The van der Waals surface area contributed by atoms with E-state index >= 15 is 0 Å². The second-order valence-electron chi connectivity index (χ2n) is 6.04. The lowest BCUT2D eigenvalue weighted by Gasteiger charge is -2.34. The van der Waals surface area contributed by atoms with Gasteiger partial charge in [-0.3, -0.25) is 0 Å². The molecule has 1 aliphatic heterocycles. The third kappa shape index (κ3) is 3.55. The molecule has 0 bridgehead atoms. The van der Waals surface area contributed by atoms with E-state index in [9.17, 15) is 12.8 Å². The fourth-order valence-corrected chi connectivity index (χ4v) is 4.60. The largest absolute Gasteiger partial charge is 0.354 e. The van der Waals surface area contributed by atoms with Gasteiger partial charge in [-0.1, -0.05) is 11.6 Å². The van der Waals surface area contributed by atoms with Crippen molar-refractivity contribution in [1.29, 1.82) is 0 Å². The van der Waals surface area contributed by atoms with Crippen LogP contribution < -0.4 is 4.90 Å². The van der Waals surface area contributed by atoms with E-state index in [1.807, 2.05) is 4.90 Å². The highest BCUT2D eigenvalue weighted by Gasteiger charge is 2.29. The lowest BCUT2D eigenvalue weighted by atomic mass is 10.3. The standard InChI is InChI=1S/C16H15ClFN7O2S/c17-13-7-12(1-2-14(13)18)28(26,27)24-5-3-23(4-6-24)15-8-16(21-10-20-15)25-11-19-9-22-25/h1-2,7-11H,3-6H2. The number of rotatable bonds is 4. The molecular formula is C16H15ClFN7O2S. The topological polar surface area (TPSA) is 97.1 Å². The molecule has 1 fully saturated rings. The minimum absolute atomic E-state index is 0.0251. The lowest BCUT2D eigenvalue weighted by molar-refractivity contribution is 0.383. The van der Waals surface area contributed by atoms with Gasteiger partial charge in [0.25, 0.3) is 0 Å². The molecule has 28 heavy (non-hydrogen) atoms. The molecular weight excluding hydrogens is 409 g/mol. The Labute approximate surface area is 165 Å². The Balaban J connectivity index is 1.49.